The second-order valence-electron chi connectivity index (χ2n) is 15.3. The molecule has 0 saturated heterocycles. The highest BCUT2D eigenvalue weighted by Crippen LogP contribution is 2.40. The van der Waals surface area contributed by atoms with E-state index in [2.05, 4.69) is 18.8 Å². The van der Waals surface area contributed by atoms with E-state index in [0.29, 0.717) is 68.2 Å². The SMILES string of the molecule is CCCCCC(O)c1ccc(C2=C(O)C(=O)C[C@@H]2C/C=C\CCCC(=O)O)nc1.CCCCCC(O)c1cccc(C2=C(O)C(=O)C[C@@H]2C/C=C\CCCC(=O)O)c1. The van der Waals surface area contributed by atoms with Crippen LogP contribution in [-0.4, -0.2) is 59.1 Å². The first-order valence-electron chi connectivity index (χ1n) is 21.0. The lowest BCUT2D eigenvalue weighted by Gasteiger charge is -2.16. The normalized spacial score (nSPS) is 18.0. The first kappa shape index (κ1) is 47.5. The lowest BCUT2D eigenvalue weighted by Crippen LogP contribution is -2.03. The molecule has 316 valence electrons. The van der Waals surface area contributed by atoms with Crippen LogP contribution in [0.5, 0.6) is 0 Å². The summed E-state index contributed by atoms with van der Waals surface area (Å²) in [6, 6.07) is 11.1. The topological polar surface area (TPSA) is 203 Å². The maximum atomic E-state index is 12.1. The highest BCUT2D eigenvalue weighted by atomic mass is 16.4. The van der Waals surface area contributed by atoms with Crippen LogP contribution in [0.4, 0.5) is 0 Å². The van der Waals surface area contributed by atoms with Crippen molar-refractivity contribution in [3.8, 4) is 0 Å². The fraction of sp³-hybridized carbons (Fsp3) is 0.511. The summed E-state index contributed by atoms with van der Waals surface area (Å²) >= 11 is 0. The van der Waals surface area contributed by atoms with Gasteiger partial charge in [0.15, 0.2) is 23.1 Å². The highest BCUT2D eigenvalue weighted by molar-refractivity contribution is 6.06. The van der Waals surface area contributed by atoms with Crippen LogP contribution < -0.4 is 0 Å². The number of allylic oxidation sites excluding steroid dienone is 8. The number of benzene rings is 1. The number of aliphatic hydroxyl groups excluding tert-OH is 4. The molecule has 2 aliphatic rings. The molecule has 0 bridgehead atoms. The van der Waals surface area contributed by atoms with Crippen molar-refractivity contribution in [1.29, 1.82) is 0 Å². The van der Waals surface area contributed by atoms with E-state index in [9.17, 15) is 39.6 Å². The van der Waals surface area contributed by atoms with Gasteiger partial charge in [-0.05, 0) is 86.1 Å². The Labute approximate surface area is 342 Å². The van der Waals surface area contributed by atoms with Crippen molar-refractivity contribution >= 4 is 34.7 Å². The Morgan fingerprint density at radius 3 is 1.71 bits per heavy atom. The van der Waals surface area contributed by atoms with Gasteiger partial charge in [-0.3, -0.25) is 24.2 Å². The zero-order valence-corrected chi connectivity index (χ0v) is 34.2. The molecule has 11 nitrogen and oxygen atoms in total. The van der Waals surface area contributed by atoms with Gasteiger partial charge < -0.3 is 30.6 Å². The van der Waals surface area contributed by atoms with E-state index in [1.807, 2.05) is 48.6 Å². The minimum Gasteiger partial charge on any atom is -0.504 e. The quantitative estimate of drug-likeness (QED) is 0.0435. The predicted octanol–water partition coefficient (Wildman–Crippen LogP) is 10.1. The standard InChI is InChI=1S/C24H32O5.C23H31NO5/c1-2-3-6-13-20(25)17-11-9-12-18(15-17)23-19(16-21(26)24(23)29)10-7-4-5-8-14-22(27)28;1-2-3-6-10-19(25)17-12-13-18(24-15-17)22-16(14-20(26)23(22)29)9-7-4-5-8-11-21(27)28/h4,7,9,11-12,15,19-20,25,29H,2-3,5-6,8,10,13-14,16H2,1H3,(H,27,28);4,7,12-13,15-16,19,25,29H,2-3,5-6,8-11,14H2,1H3,(H,27,28)/b2*7-4-/t19-,20?;16-,19?/m00/s1. The highest BCUT2D eigenvalue weighted by Gasteiger charge is 2.34. The number of ketones is 2. The second-order valence-corrected chi connectivity index (χ2v) is 15.3. The molecule has 0 spiro atoms. The lowest BCUT2D eigenvalue weighted by atomic mass is 9.90. The number of unbranched alkanes of at least 4 members (excludes halogenated alkanes) is 6. The number of rotatable bonds is 24. The van der Waals surface area contributed by atoms with E-state index in [4.69, 9.17) is 10.2 Å². The molecule has 2 aromatic rings. The number of carboxylic acids is 2. The Bertz CT molecular complexity index is 1770. The molecule has 0 saturated carbocycles. The summed E-state index contributed by atoms with van der Waals surface area (Å²) in [5, 5.41) is 58.7. The zero-order chi connectivity index (χ0) is 42.5. The average molecular weight is 802 g/mol. The van der Waals surface area contributed by atoms with Crippen molar-refractivity contribution in [2.24, 2.45) is 11.8 Å². The molecule has 4 rings (SSSR count). The first-order valence-corrected chi connectivity index (χ1v) is 21.0. The fourth-order valence-corrected chi connectivity index (χ4v) is 7.32. The number of aliphatic hydroxyl groups is 4. The molecule has 1 heterocycles. The van der Waals surface area contributed by atoms with Gasteiger partial charge >= 0.3 is 11.9 Å². The largest absolute Gasteiger partial charge is 0.504 e. The van der Waals surface area contributed by atoms with Crippen LogP contribution in [0.25, 0.3) is 11.1 Å². The van der Waals surface area contributed by atoms with Gasteiger partial charge in [0.1, 0.15) is 0 Å². The molecule has 4 atom stereocenters. The Morgan fingerprint density at radius 1 is 0.690 bits per heavy atom. The summed E-state index contributed by atoms with van der Waals surface area (Å²) < 4.78 is 0. The van der Waals surface area contributed by atoms with Crippen molar-refractivity contribution in [3.63, 3.8) is 0 Å². The number of carbonyl (C=O) groups is 4. The summed E-state index contributed by atoms with van der Waals surface area (Å²) in [5.41, 5.74) is 4.09. The summed E-state index contributed by atoms with van der Waals surface area (Å²) in [6.07, 6.45) is 20.4. The minimum absolute atomic E-state index is 0.106. The molecule has 0 aliphatic heterocycles. The number of aliphatic carboxylic acids is 2. The summed E-state index contributed by atoms with van der Waals surface area (Å²) in [4.78, 5) is 49.6. The van der Waals surface area contributed by atoms with E-state index in [-0.39, 0.29) is 60.6 Å². The van der Waals surface area contributed by atoms with Gasteiger partial charge in [-0.2, -0.15) is 0 Å². The molecule has 2 unspecified atom stereocenters. The number of Topliss-reactive ketones (excluding diaryl/α,β-unsaturated/α-hetero) is 2. The molecule has 0 fully saturated rings. The second kappa shape index (κ2) is 25.5. The molecular weight excluding hydrogens is 739 g/mol. The van der Waals surface area contributed by atoms with Crippen molar-refractivity contribution < 1.29 is 49.8 Å². The molecule has 0 radical (unpaired) electrons. The molecule has 11 heteroatoms. The van der Waals surface area contributed by atoms with E-state index >= 15 is 0 Å². The lowest BCUT2D eigenvalue weighted by molar-refractivity contribution is -0.138. The smallest absolute Gasteiger partial charge is 0.303 e. The Kier molecular flexibility index (Phi) is 20.9. The maximum Gasteiger partial charge on any atom is 0.303 e. The molecule has 6 N–H and O–H groups in total. The number of pyridine rings is 1. The summed E-state index contributed by atoms with van der Waals surface area (Å²) in [7, 11) is 0. The van der Waals surface area contributed by atoms with Crippen molar-refractivity contribution in [3.05, 3.63) is 101 Å². The number of hydrogen-bond acceptors (Lipinski definition) is 9. The van der Waals surface area contributed by atoms with Gasteiger partial charge in [0, 0.05) is 48.9 Å². The molecule has 1 aromatic carbocycles. The number of carboxylic acid groups (broad SMARTS) is 2. The van der Waals surface area contributed by atoms with Gasteiger partial charge in [-0.1, -0.05) is 101 Å². The molecule has 0 amide bonds. The molecule has 1 aromatic heterocycles. The number of hydrogen-bond donors (Lipinski definition) is 6. The number of nitrogens with zero attached hydrogens (tertiary/aromatic N) is 1. The molecule has 2 aliphatic carbocycles. The Hall–Kier alpha value is -4.87. The monoisotopic (exact) mass is 801 g/mol. The van der Waals surface area contributed by atoms with Gasteiger partial charge in [-0.15, -0.1) is 0 Å². The van der Waals surface area contributed by atoms with Crippen LogP contribution in [0.2, 0.25) is 0 Å². The van der Waals surface area contributed by atoms with E-state index in [1.165, 1.54) is 0 Å². The molecular formula is C47H63NO10. The van der Waals surface area contributed by atoms with Crippen molar-refractivity contribution in [1.82, 2.24) is 4.98 Å². The van der Waals surface area contributed by atoms with Crippen LogP contribution >= 0.6 is 0 Å². The Balaban J connectivity index is 0.000000310. The maximum absolute atomic E-state index is 12.1. The van der Waals surface area contributed by atoms with Crippen LogP contribution in [0, 0.1) is 11.8 Å². The van der Waals surface area contributed by atoms with Crippen LogP contribution in [0.3, 0.4) is 0 Å². The van der Waals surface area contributed by atoms with Crippen molar-refractivity contribution in [2.75, 3.05) is 0 Å². The van der Waals surface area contributed by atoms with Gasteiger partial charge in [-0.25, -0.2) is 0 Å². The van der Waals surface area contributed by atoms with E-state index in [1.54, 1.807) is 18.3 Å². The minimum atomic E-state index is -0.806. The van der Waals surface area contributed by atoms with Crippen LogP contribution in [0.1, 0.15) is 164 Å². The summed E-state index contributed by atoms with van der Waals surface area (Å²) in [5.74, 6) is -2.79. The third-order valence-electron chi connectivity index (χ3n) is 10.6. The number of aromatic nitrogens is 1. The molecule has 58 heavy (non-hydrogen) atoms. The average Bonchev–Trinajstić information content (AvgIpc) is 3.65. The van der Waals surface area contributed by atoms with Gasteiger partial charge in [0.2, 0.25) is 0 Å². The number of carbonyl (C=O) groups excluding carboxylic acids is 2. The third-order valence-corrected chi connectivity index (χ3v) is 10.6. The van der Waals surface area contributed by atoms with E-state index in [0.717, 1.165) is 55.2 Å². The van der Waals surface area contributed by atoms with Gasteiger partial charge in [0.25, 0.3) is 0 Å². The Morgan fingerprint density at radius 2 is 1.21 bits per heavy atom. The van der Waals surface area contributed by atoms with Crippen LogP contribution in [0.15, 0.2) is 78.4 Å². The zero-order valence-electron chi connectivity index (χ0n) is 34.2. The third kappa shape index (κ3) is 15.5. The van der Waals surface area contributed by atoms with Crippen molar-refractivity contribution in [2.45, 2.75) is 142 Å². The van der Waals surface area contributed by atoms with Crippen LogP contribution in [-0.2, 0) is 19.2 Å². The van der Waals surface area contributed by atoms with E-state index < -0.39 is 24.1 Å². The first-order chi connectivity index (χ1) is 27.9. The van der Waals surface area contributed by atoms with Gasteiger partial charge in [0.05, 0.1) is 17.9 Å². The predicted molar refractivity (Wildman–Crippen MR) is 225 cm³/mol. The fourth-order valence-electron chi connectivity index (χ4n) is 7.32. The summed E-state index contributed by atoms with van der Waals surface area (Å²) in [6.45, 7) is 4.24.